The van der Waals surface area contributed by atoms with Crippen LogP contribution in [0.4, 0.5) is 11.4 Å². The molecule has 0 radical (unpaired) electrons. The lowest BCUT2D eigenvalue weighted by Crippen LogP contribution is -2.35. The maximum Gasteiger partial charge on any atom is 0.264 e. The van der Waals surface area contributed by atoms with Gasteiger partial charge in [-0.15, -0.1) is 0 Å². The van der Waals surface area contributed by atoms with Crippen LogP contribution in [-0.4, -0.2) is 50.1 Å². The first-order valence-electron chi connectivity index (χ1n) is 14.1. The largest absolute Gasteiger partial charge is 0.393 e. The highest BCUT2D eigenvalue weighted by Gasteiger charge is 2.26. The Bertz CT molecular complexity index is 1630. The van der Waals surface area contributed by atoms with Gasteiger partial charge in [0.2, 0.25) is 5.91 Å². The summed E-state index contributed by atoms with van der Waals surface area (Å²) in [4.78, 5) is 15.6. The predicted molar refractivity (Wildman–Crippen MR) is 165 cm³/mol. The second-order valence-corrected chi connectivity index (χ2v) is 12.8. The van der Waals surface area contributed by atoms with Gasteiger partial charge in [-0.3, -0.25) is 14.0 Å². The van der Waals surface area contributed by atoms with Crippen LogP contribution in [0.3, 0.4) is 0 Å². The van der Waals surface area contributed by atoms with Gasteiger partial charge in [0.25, 0.3) is 10.0 Å². The van der Waals surface area contributed by atoms with Gasteiger partial charge < -0.3 is 10.4 Å². The van der Waals surface area contributed by atoms with Gasteiger partial charge >= 0.3 is 0 Å². The van der Waals surface area contributed by atoms with Crippen LogP contribution in [0.1, 0.15) is 36.0 Å². The Hall–Kier alpha value is -3.72. The highest BCUT2D eigenvalue weighted by molar-refractivity contribution is 7.92. The van der Waals surface area contributed by atoms with E-state index in [2.05, 4.69) is 10.2 Å². The van der Waals surface area contributed by atoms with E-state index >= 15 is 0 Å². The van der Waals surface area contributed by atoms with E-state index in [1.165, 1.54) is 4.31 Å². The Morgan fingerprint density at radius 1 is 0.902 bits per heavy atom. The van der Waals surface area contributed by atoms with Gasteiger partial charge in [0.15, 0.2) is 0 Å². The van der Waals surface area contributed by atoms with Gasteiger partial charge in [-0.2, -0.15) is 0 Å². The standard InChI is InChI=1S/C33H37N3O4S/c1-24-18-25(2)20-30(19-24)36(41(39,40)32-11-10-27-7-3-4-8-28(27)22-32)17-14-33(38)34-29-9-5-6-26(21-29)23-35-15-12-31(37)13-16-35/h3-11,18-22,31,37H,12-17,23H2,1-2H3,(H,34,38). The first-order chi connectivity index (χ1) is 19.7. The maximum atomic E-state index is 14.0. The van der Waals surface area contributed by atoms with Crippen molar-refractivity contribution >= 4 is 38.1 Å². The summed E-state index contributed by atoms with van der Waals surface area (Å²) in [6.07, 6.45) is 1.32. The molecule has 4 aromatic rings. The highest BCUT2D eigenvalue weighted by Crippen LogP contribution is 2.28. The minimum absolute atomic E-state index is 0.000316. The van der Waals surface area contributed by atoms with Gasteiger partial charge in [-0.1, -0.05) is 48.5 Å². The first-order valence-corrected chi connectivity index (χ1v) is 15.5. The highest BCUT2D eigenvalue weighted by atomic mass is 32.2. The first kappa shape index (κ1) is 28.8. The minimum atomic E-state index is -3.94. The van der Waals surface area contributed by atoms with Crippen LogP contribution in [0.2, 0.25) is 0 Å². The molecule has 0 aliphatic carbocycles. The molecule has 1 saturated heterocycles. The Morgan fingerprint density at radius 3 is 2.34 bits per heavy atom. The number of piperidine rings is 1. The van der Waals surface area contributed by atoms with Crippen LogP contribution in [-0.2, 0) is 21.4 Å². The van der Waals surface area contributed by atoms with Gasteiger partial charge in [0.1, 0.15) is 0 Å². The third-order valence-electron chi connectivity index (χ3n) is 7.52. The molecular weight excluding hydrogens is 534 g/mol. The van der Waals surface area contributed by atoms with Crippen LogP contribution in [0.15, 0.2) is 89.8 Å². The van der Waals surface area contributed by atoms with Crippen LogP contribution in [0, 0.1) is 13.8 Å². The summed E-state index contributed by atoms with van der Waals surface area (Å²) >= 11 is 0. The third-order valence-corrected chi connectivity index (χ3v) is 9.34. The molecular formula is C33H37N3O4S. The Balaban J connectivity index is 1.33. The molecule has 1 aliphatic rings. The number of sulfonamides is 1. The zero-order valence-corrected chi connectivity index (χ0v) is 24.4. The molecule has 2 N–H and O–H groups in total. The molecule has 0 unspecified atom stereocenters. The number of rotatable bonds is 9. The van der Waals surface area contributed by atoms with Crippen LogP contribution < -0.4 is 9.62 Å². The number of amides is 1. The molecule has 0 spiro atoms. The monoisotopic (exact) mass is 571 g/mol. The Kier molecular flexibility index (Phi) is 8.73. The number of benzene rings is 4. The van der Waals surface area contributed by atoms with Crippen molar-refractivity contribution in [2.24, 2.45) is 0 Å². The number of hydrogen-bond donors (Lipinski definition) is 2. The summed E-state index contributed by atoms with van der Waals surface area (Å²) in [6, 6.07) is 26.2. The number of likely N-dealkylation sites (tertiary alicyclic amines) is 1. The van der Waals surface area contributed by atoms with Gasteiger partial charge in [0.05, 0.1) is 16.7 Å². The summed E-state index contributed by atoms with van der Waals surface area (Å²) in [5, 5.41) is 14.5. The van der Waals surface area contributed by atoms with Crippen LogP contribution >= 0.6 is 0 Å². The van der Waals surface area contributed by atoms with Crippen molar-refractivity contribution in [1.29, 1.82) is 0 Å². The number of nitrogens with one attached hydrogen (secondary N) is 1. The normalized spacial score (nSPS) is 14.7. The number of hydrogen-bond acceptors (Lipinski definition) is 5. The summed E-state index contributed by atoms with van der Waals surface area (Å²) < 4.78 is 29.3. The fourth-order valence-electron chi connectivity index (χ4n) is 5.45. The summed E-state index contributed by atoms with van der Waals surface area (Å²) in [6.45, 7) is 6.31. The molecule has 1 amide bonds. The van der Waals surface area contributed by atoms with Crippen LogP contribution in [0.25, 0.3) is 10.8 Å². The van der Waals surface area contributed by atoms with E-state index < -0.39 is 10.0 Å². The van der Waals surface area contributed by atoms with E-state index in [0.717, 1.165) is 59.9 Å². The molecule has 8 heteroatoms. The van der Waals surface area contributed by atoms with E-state index in [0.29, 0.717) is 11.4 Å². The van der Waals surface area contributed by atoms with E-state index in [1.807, 2.05) is 86.6 Å². The topological polar surface area (TPSA) is 89.9 Å². The van der Waals surface area contributed by atoms with Gasteiger partial charge in [-0.05, 0) is 90.6 Å². The predicted octanol–water partition coefficient (Wildman–Crippen LogP) is 5.64. The average molecular weight is 572 g/mol. The molecule has 0 saturated carbocycles. The van der Waals surface area contributed by atoms with E-state index in [-0.39, 0.29) is 29.9 Å². The lowest BCUT2D eigenvalue weighted by Gasteiger charge is -2.29. The minimum Gasteiger partial charge on any atom is -0.393 e. The second kappa shape index (κ2) is 12.4. The molecule has 1 fully saturated rings. The van der Waals surface area contributed by atoms with Crippen molar-refractivity contribution in [2.75, 3.05) is 29.3 Å². The SMILES string of the molecule is Cc1cc(C)cc(N(CCC(=O)Nc2cccc(CN3CCC(O)CC3)c2)S(=O)(=O)c2ccc3ccccc3c2)c1. The fraction of sp³-hybridized carbons (Fsp3) is 0.303. The van der Waals surface area contributed by atoms with Crippen molar-refractivity contribution in [2.45, 2.75) is 50.7 Å². The Labute approximate surface area is 242 Å². The fourth-order valence-corrected chi connectivity index (χ4v) is 6.93. The van der Waals surface area contributed by atoms with Gasteiger partial charge in [0, 0.05) is 38.3 Å². The van der Waals surface area contributed by atoms with E-state index in [4.69, 9.17) is 0 Å². The summed E-state index contributed by atoms with van der Waals surface area (Å²) in [7, 11) is -3.94. The number of aryl methyl sites for hydroxylation is 2. The number of nitrogens with zero attached hydrogens (tertiary/aromatic N) is 2. The average Bonchev–Trinajstić information content (AvgIpc) is 2.94. The number of carbonyl (C=O) groups excluding carboxylic acids is 1. The summed E-state index contributed by atoms with van der Waals surface area (Å²) in [5.41, 5.74) is 4.19. The zero-order chi connectivity index (χ0) is 29.0. The Morgan fingerprint density at radius 2 is 1.61 bits per heavy atom. The molecule has 214 valence electrons. The lowest BCUT2D eigenvalue weighted by atomic mass is 10.1. The summed E-state index contributed by atoms with van der Waals surface area (Å²) in [5.74, 6) is -0.258. The third kappa shape index (κ3) is 7.14. The van der Waals surface area contributed by atoms with Crippen molar-refractivity contribution in [3.63, 3.8) is 0 Å². The molecule has 7 nitrogen and oxygen atoms in total. The molecule has 5 rings (SSSR count). The van der Waals surface area contributed by atoms with Crippen molar-refractivity contribution in [1.82, 2.24) is 4.90 Å². The molecule has 0 atom stereocenters. The van der Waals surface area contributed by atoms with Crippen molar-refractivity contribution < 1.29 is 18.3 Å². The zero-order valence-electron chi connectivity index (χ0n) is 23.6. The number of anilines is 2. The van der Waals surface area contributed by atoms with Crippen LogP contribution in [0.5, 0.6) is 0 Å². The number of aliphatic hydroxyl groups excluding tert-OH is 1. The van der Waals surface area contributed by atoms with Crippen molar-refractivity contribution in [3.05, 3.63) is 102 Å². The smallest absolute Gasteiger partial charge is 0.264 e. The molecule has 0 bridgehead atoms. The quantitative estimate of drug-likeness (QED) is 0.272. The lowest BCUT2D eigenvalue weighted by molar-refractivity contribution is -0.116. The van der Waals surface area contributed by atoms with Gasteiger partial charge in [-0.25, -0.2) is 8.42 Å². The molecule has 0 aromatic heterocycles. The van der Waals surface area contributed by atoms with E-state index in [1.54, 1.807) is 12.1 Å². The van der Waals surface area contributed by atoms with Crippen molar-refractivity contribution in [3.8, 4) is 0 Å². The maximum absolute atomic E-state index is 14.0. The number of fused-ring (bicyclic) bond motifs is 1. The number of aliphatic hydroxyl groups is 1. The molecule has 1 aliphatic heterocycles. The molecule has 41 heavy (non-hydrogen) atoms. The molecule has 4 aromatic carbocycles. The second-order valence-electron chi connectivity index (χ2n) is 10.9. The van der Waals surface area contributed by atoms with E-state index in [9.17, 15) is 18.3 Å². The number of carbonyl (C=O) groups is 1. The molecule has 1 heterocycles.